The average molecular weight is 311 g/mol. The first-order chi connectivity index (χ1) is 10.0. The van der Waals surface area contributed by atoms with Gasteiger partial charge in [0.2, 0.25) is 0 Å². The molecule has 0 aromatic heterocycles. The first-order valence-electron chi connectivity index (χ1n) is 6.06. The van der Waals surface area contributed by atoms with Crippen molar-refractivity contribution in [3.8, 4) is 5.75 Å². The Hall–Kier alpha value is -2.18. The van der Waals surface area contributed by atoms with Crippen molar-refractivity contribution in [2.24, 2.45) is 5.73 Å². The fraction of sp³-hybridized carbons (Fsp3) is 0.143. The van der Waals surface area contributed by atoms with Gasteiger partial charge in [0.05, 0.1) is 9.95 Å². The highest BCUT2D eigenvalue weighted by Crippen LogP contribution is 2.26. The molecule has 2 N–H and O–H groups in total. The zero-order valence-electron chi connectivity index (χ0n) is 10.9. The lowest BCUT2D eigenvalue weighted by Gasteiger charge is -2.12. The van der Waals surface area contributed by atoms with Gasteiger partial charge in [-0.05, 0) is 12.1 Å². The molecule has 0 aliphatic rings. The molecule has 110 valence electrons. The molecule has 2 rings (SSSR count). The molecule has 0 bridgehead atoms. The molecule has 0 amide bonds. The van der Waals surface area contributed by atoms with Crippen LogP contribution in [0.5, 0.6) is 5.75 Å². The Kier molecular flexibility index (Phi) is 4.72. The molecule has 0 aliphatic heterocycles. The molecule has 0 saturated carbocycles. The third kappa shape index (κ3) is 3.48. The van der Waals surface area contributed by atoms with Crippen LogP contribution in [0.1, 0.15) is 11.1 Å². The number of nitro groups is 1. The van der Waals surface area contributed by atoms with Crippen LogP contribution in [-0.2, 0) is 13.2 Å². The third-order valence-electron chi connectivity index (χ3n) is 2.89. The lowest BCUT2D eigenvalue weighted by molar-refractivity contribution is -0.384. The van der Waals surface area contributed by atoms with Gasteiger partial charge in [-0.1, -0.05) is 23.7 Å². The lowest BCUT2D eigenvalue weighted by Crippen LogP contribution is -2.05. The molecule has 21 heavy (non-hydrogen) atoms. The molecule has 0 aliphatic carbocycles. The Bertz CT molecular complexity index is 679. The molecule has 2 aromatic carbocycles. The summed E-state index contributed by atoms with van der Waals surface area (Å²) in [4.78, 5) is 10.1. The molecule has 2 aromatic rings. The number of halogens is 2. The van der Waals surface area contributed by atoms with Gasteiger partial charge in [0.15, 0.2) is 11.6 Å². The van der Waals surface area contributed by atoms with E-state index in [-0.39, 0.29) is 29.6 Å². The van der Waals surface area contributed by atoms with E-state index in [1.165, 1.54) is 24.3 Å². The quantitative estimate of drug-likeness (QED) is 0.678. The highest BCUT2D eigenvalue weighted by atomic mass is 35.5. The second-order valence-corrected chi connectivity index (χ2v) is 4.66. The van der Waals surface area contributed by atoms with Crippen molar-refractivity contribution in [2.75, 3.05) is 0 Å². The van der Waals surface area contributed by atoms with Crippen LogP contribution in [0.2, 0.25) is 5.02 Å². The van der Waals surface area contributed by atoms with Crippen LogP contribution in [0, 0.1) is 15.9 Å². The molecule has 5 nitrogen and oxygen atoms in total. The largest absolute Gasteiger partial charge is 0.485 e. The fourth-order valence-corrected chi connectivity index (χ4v) is 2.02. The number of benzene rings is 2. The van der Waals surface area contributed by atoms with Crippen molar-refractivity contribution in [3.63, 3.8) is 0 Å². The monoisotopic (exact) mass is 310 g/mol. The van der Waals surface area contributed by atoms with Crippen molar-refractivity contribution >= 4 is 17.3 Å². The molecule has 0 spiro atoms. The number of ether oxygens (including phenoxy) is 1. The van der Waals surface area contributed by atoms with Crippen molar-refractivity contribution in [2.45, 2.75) is 13.2 Å². The predicted molar refractivity (Wildman–Crippen MR) is 76.7 cm³/mol. The smallest absolute Gasteiger partial charge is 0.270 e. The number of hydrogen-bond acceptors (Lipinski definition) is 4. The number of nitro benzene ring substituents is 1. The molecule has 0 fully saturated rings. The average Bonchev–Trinajstić information content (AvgIpc) is 2.46. The Balaban J connectivity index is 2.19. The maximum Gasteiger partial charge on any atom is 0.270 e. The van der Waals surface area contributed by atoms with Crippen LogP contribution in [-0.4, -0.2) is 4.92 Å². The molecule has 0 unspecified atom stereocenters. The van der Waals surface area contributed by atoms with Crippen LogP contribution >= 0.6 is 11.6 Å². The van der Waals surface area contributed by atoms with Gasteiger partial charge in [-0.3, -0.25) is 10.1 Å². The Morgan fingerprint density at radius 2 is 2.05 bits per heavy atom. The minimum absolute atomic E-state index is 0.00917. The van der Waals surface area contributed by atoms with Crippen molar-refractivity contribution < 1.29 is 14.1 Å². The number of non-ortho nitro benzene ring substituents is 1. The van der Waals surface area contributed by atoms with Gasteiger partial charge in [-0.25, -0.2) is 4.39 Å². The van der Waals surface area contributed by atoms with Crippen LogP contribution in [0.25, 0.3) is 0 Å². The van der Waals surface area contributed by atoms with Crippen molar-refractivity contribution in [1.82, 2.24) is 0 Å². The zero-order valence-corrected chi connectivity index (χ0v) is 11.6. The van der Waals surface area contributed by atoms with E-state index in [9.17, 15) is 14.5 Å². The van der Waals surface area contributed by atoms with E-state index in [2.05, 4.69) is 0 Å². The van der Waals surface area contributed by atoms with Crippen molar-refractivity contribution in [3.05, 3.63) is 68.5 Å². The summed E-state index contributed by atoms with van der Waals surface area (Å²) in [5, 5.41) is 10.8. The fourth-order valence-electron chi connectivity index (χ4n) is 1.79. The summed E-state index contributed by atoms with van der Waals surface area (Å²) < 4.78 is 19.1. The first-order valence-corrected chi connectivity index (χ1v) is 6.43. The highest BCUT2D eigenvalue weighted by molar-refractivity contribution is 6.31. The standard InChI is InChI=1S/C14H12ClFN2O3/c15-12-6-11(18(19)20)5-4-10(12)8-21-14-9(7-17)2-1-3-13(14)16/h1-6H,7-8,17H2. The third-order valence-corrected chi connectivity index (χ3v) is 3.24. The van der Waals surface area contributed by atoms with E-state index < -0.39 is 10.7 Å². The summed E-state index contributed by atoms with van der Waals surface area (Å²) in [6, 6.07) is 8.50. The molecule has 7 heteroatoms. The molecule has 0 radical (unpaired) electrons. The van der Waals surface area contributed by atoms with E-state index in [0.29, 0.717) is 11.1 Å². The predicted octanol–water partition coefficient (Wildman–Crippen LogP) is 3.43. The van der Waals surface area contributed by atoms with Gasteiger partial charge < -0.3 is 10.5 Å². The topological polar surface area (TPSA) is 78.4 Å². The van der Waals surface area contributed by atoms with Gasteiger partial charge in [0.1, 0.15) is 6.61 Å². The molecular formula is C14H12ClFN2O3. The summed E-state index contributed by atoms with van der Waals surface area (Å²) in [5.41, 5.74) is 6.47. The van der Waals surface area contributed by atoms with Gasteiger partial charge in [-0.2, -0.15) is 0 Å². The zero-order chi connectivity index (χ0) is 15.4. The van der Waals surface area contributed by atoms with Gasteiger partial charge >= 0.3 is 0 Å². The summed E-state index contributed by atoms with van der Waals surface area (Å²) >= 11 is 5.95. The number of para-hydroxylation sites is 1. The van der Waals surface area contributed by atoms with E-state index >= 15 is 0 Å². The molecule has 0 heterocycles. The van der Waals surface area contributed by atoms with Crippen LogP contribution in [0.4, 0.5) is 10.1 Å². The summed E-state index contributed by atoms with van der Waals surface area (Å²) in [5.74, 6) is -0.453. The normalized spacial score (nSPS) is 10.4. The van der Waals surface area contributed by atoms with Gasteiger partial charge in [-0.15, -0.1) is 0 Å². The second kappa shape index (κ2) is 6.51. The molecule has 0 atom stereocenters. The minimum Gasteiger partial charge on any atom is -0.485 e. The highest BCUT2D eigenvalue weighted by Gasteiger charge is 2.12. The van der Waals surface area contributed by atoms with Gasteiger partial charge in [0.25, 0.3) is 5.69 Å². The summed E-state index contributed by atoms with van der Waals surface area (Å²) in [7, 11) is 0. The summed E-state index contributed by atoms with van der Waals surface area (Å²) in [6.45, 7) is 0.131. The lowest BCUT2D eigenvalue weighted by atomic mass is 10.2. The van der Waals surface area contributed by atoms with Crippen LogP contribution in [0.15, 0.2) is 36.4 Å². The first kappa shape index (κ1) is 15.2. The van der Waals surface area contributed by atoms with Gasteiger partial charge in [0, 0.05) is 29.8 Å². The Morgan fingerprint density at radius 1 is 1.29 bits per heavy atom. The second-order valence-electron chi connectivity index (χ2n) is 4.25. The van der Waals surface area contributed by atoms with E-state index in [0.717, 1.165) is 0 Å². The molecular weight excluding hydrogens is 299 g/mol. The van der Waals surface area contributed by atoms with E-state index in [1.54, 1.807) is 12.1 Å². The maximum absolute atomic E-state index is 13.7. The number of nitrogens with zero attached hydrogens (tertiary/aromatic N) is 1. The van der Waals surface area contributed by atoms with E-state index in [4.69, 9.17) is 22.1 Å². The summed E-state index contributed by atoms with van der Waals surface area (Å²) in [6.07, 6.45) is 0. The maximum atomic E-state index is 13.7. The minimum atomic E-state index is -0.542. The Labute approximate surface area is 125 Å². The van der Waals surface area contributed by atoms with E-state index in [1.807, 2.05) is 0 Å². The SMILES string of the molecule is NCc1cccc(F)c1OCc1ccc([N+](=O)[O-])cc1Cl. The van der Waals surface area contributed by atoms with Crippen LogP contribution in [0.3, 0.4) is 0 Å². The number of hydrogen-bond donors (Lipinski definition) is 1. The molecule has 0 saturated heterocycles. The van der Waals surface area contributed by atoms with Crippen LogP contribution < -0.4 is 10.5 Å². The number of rotatable bonds is 5. The Morgan fingerprint density at radius 3 is 2.67 bits per heavy atom. The number of nitrogens with two attached hydrogens (primary N) is 1. The van der Waals surface area contributed by atoms with Crippen molar-refractivity contribution in [1.29, 1.82) is 0 Å².